The second-order valence-electron chi connectivity index (χ2n) is 4.91. The molecule has 3 atom stereocenters. The fraction of sp³-hybridized carbons (Fsp3) is 0.583. The standard InChI is InChI=1S/C12H15FN2OS/c13-9-5-8(9)12(16)15-11-4-6-3-7(14)1-2-10(6)17-11/h4,7-9H,1-3,5,14H2,(H,15,16)/t7-,8-,9-/m0/s1. The van der Waals surface area contributed by atoms with Gasteiger partial charge in [0, 0.05) is 10.9 Å². The zero-order valence-corrected chi connectivity index (χ0v) is 10.2. The number of alkyl halides is 1. The SMILES string of the molecule is N[C@H]1CCc2sc(NC(=O)[C@H]3C[C@@H]3F)cc2C1. The Morgan fingerprint density at radius 1 is 1.59 bits per heavy atom. The van der Waals surface area contributed by atoms with Crippen molar-refractivity contribution >= 4 is 22.2 Å². The van der Waals surface area contributed by atoms with Gasteiger partial charge in [-0.2, -0.15) is 0 Å². The van der Waals surface area contributed by atoms with Gasteiger partial charge in [0.05, 0.1) is 10.9 Å². The highest BCUT2D eigenvalue weighted by Crippen LogP contribution is 2.37. The van der Waals surface area contributed by atoms with Gasteiger partial charge in [-0.3, -0.25) is 4.79 Å². The van der Waals surface area contributed by atoms with Crippen molar-refractivity contribution in [1.82, 2.24) is 0 Å². The average molecular weight is 254 g/mol. The van der Waals surface area contributed by atoms with Gasteiger partial charge in [0.25, 0.3) is 0 Å². The van der Waals surface area contributed by atoms with Crippen LogP contribution in [0.25, 0.3) is 0 Å². The van der Waals surface area contributed by atoms with Crippen LogP contribution in [0.2, 0.25) is 0 Å². The third kappa shape index (κ3) is 2.21. The number of anilines is 1. The highest BCUT2D eigenvalue weighted by atomic mass is 32.1. The number of carbonyl (C=O) groups excluding carboxylic acids is 1. The average Bonchev–Trinajstić information content (AvgIpc) is 2.87. The van der Waals surface area contributed by atoms with Gasteiger partial charge in [0.15, 0.2) is 0 Å². The first kappa shape index (κ1) is 11.2. The second kappa shape index (κ2) is 4.07. The predicted octanol–water partition coefficient (Wildman–Crippen LogP) is 1.86. The van der Waals surface area contributed by atoms with Crippen LogP contribution in [0.5, 0.6) is 0 Å². The summed E-state index contributed by atoms with van der Waals surface area (Å²) >= 11 is 1.60. The number of aryl methyl sites for hydroxylation is 1. The van der Waals surface area contributed by atoms with E-state index in [0.717, 1.165) is 24.3 Å². The zero-order valence-electron chi connectivity index (χ0n) is 9.41. The molecule has 1 aromatic heterocycles. The maximum absolute atomic E-state index is 12.7. The number of nitrogens with two attached hydrogens (primary N) is 1. The molecule has 2 aliphatic carbocycles. The minimum absolute atomic E-state index is 0.180. The molecular weight excluding hydrogens is 239 g/mol. The molecule has 0 radical (unpaired) electrons. The fourth-order valence-corrected chi connectivity index (χ4v) is 3.37. The number of halogens is 1. The summed E-state index contributed by atoms with van der Waals surface area (Å²) in [6, 6.07) is 2.23. The molecule has 2 aliphatic rings. The molecule has 0 unspecified atom stereocenters. The molecular formula is C12H15FN2OS. The van der Waals surface area contributed by atoms with Crippen LogP contribution >= 0.6 is 11.3 Å². The van der Waals surface area contributed by atoms with Crippen LogP contribution in [0.3, 0.4) is 0 Å². The summed E-state index contributed by atoms with van der Waals surface area (Å²) in [5.74, 6) is -0.600. The van der Waals surface area contributed by atoms with Crippen molar-refractivity contribution < 1.29 is 9.18 Å². The van der Waals surface area contributed by atoms with E-state index in [2.05, 4.69) is 5.32 Å². The van der Waals surface area contributed by atoms with E-state index in [1.807, 2.05) is 6.07 Å². The number of thiophene rings is 1. The molecule has 5 heteroatoms. The Bertz CT molecular complexity index is 459. The third-order valence-electron chi connectivity index (χ3n) is 3.42. The van der Waals surface area contributed by atoms with E-state index in [-0.39, 0.29) is 11.9 Å². The van der Waals surface area contributed by atoms with Gasteiger partial charge in [0.2, 0.25) is 5.91 Å². The lowest BCUT2D eigenvalue weighted by Crippen LogP contribution is -2.26. The summed E-state index contributed by atoms with van der Waals surface area (Å²) < 4.78 is 12.7. The van der Waals surface area contributed by atoms with Crippen molar-refractivity contribution in [2.45, 2.75) is 37.9 Å². The summed E-state index contributed by atoms with van der Waals surface area (Å²) in [4.78, 5) is 12.9. The largest absolute Gasteiger partial charge is 0.327 e. The number of nitrogens with one attached hydrogen (secondary N) is 1. The van der Waals surface area contributed by atoms with Crippen LogP contribution < -0.4 is 11.1 Å². The highest BCUT2D eigenvalue weighted by Gasteiger charge is 2.43. The monoisotopic (exact) mass is 254 g/mol. The second-order valence-corrected chi connectivity index (χ2v) is 6.05. The zero-order chi connectivity index (χ0) is 12.0. The Kier molecular flexibility index (Phi) is 2.67. The minimum atomic E-state index is -0.932. The number of carbonyl (C=O) groups is 1. The molecule has 92 valence electrons. The summed E-state index contributed by atoms with van der Waals surface area (Å²) in [7, 11) is 0. The molecule has 0 spiro atoms. The van der Waals surface area contributed by atoms with E-state index in [9.17, 15) is 9.18 Å². The smallest absolute Gasteiger partial charge is 0.231 e. The van der Waals surface area contributed by atoms with Crippen molar-refractivity contribution in [3.63, 3.8) is 0 Å². The van der Waals surface area contributed by atoms with Gasteiger partial charge < -0.3 is 11.1 Å². The first-order chi connectivity index (χ1) is 8.13. The van der Waals surface area contributed by atoms with Gasteiger partial charge in [-0.25, -0.2) is 4.39 Å². The molecule has 1 fully saturated rings. The Labute approximate surface area is 103 Å². The van der Waals surface area contributed by atoms with Gasteiger partial charge in [0.1, 0.15) is 6.17 Å². The van der Waals surface area contributed by atoms with Crippen LogP contribution in [0.15, 0.2) is 6.07 Å². The number of hydrogen-bond donors (Lipinski definition) is 2. The summed E-state index contributed by atoms with van der Waals surface area (Å²) in [5.41, 5.74) is 7.15. The summed E-state index contributed by atoms with van der Waals surface area (Å²) in [6.07, 6.45) is 2.33. The molecule has 0 aliphatic heterocycles. The van der Waals surface area contributed by atoms with Crippen molar-refractivity contribution in [2.24, 2.45) is 11.7 Å². The molecule has 3 rings (SSSR count). The van der Waals surface area contributed by atoms with Crippen LogP contribution in [0.1, 0.15) is 23.3 Å². The molecule has 0 saturated heterocycles. The Morgan fingerprint density at radius 3 is 3.06 bits per heavy atom. The third-order valence-corrected chi connectivity index (χ3v) is 4.57. The molecule has 1 amide bonds. The molecule has 1 aromatic rings. The van der Waals surface area contributed by atoms with E-state index in [1.165, 1.54) is 10.4 Å². The predicted molar refractivity (Wildman–Crippen MR) is 66.0 cm³/mol. The number of fused-ring (bicyclic) bond motifs is 1. The lowest BCUT2D eigenvalue weighted by Gasteiger charge is -2.16. The van der Waals surface area contributed by atoms with Crippen LogP contribution in [-0.2, 0) is 17.6 Å². The van der Waals surface area contributed by atoms with Crippen molar-refractivity contribution in [2.75, 3.05) is 5.32 Å². The molecule has 0 aromatic carbocycles. The normalized spacial score (nSPS) is 30.8. The lowest BCUT2D eigenvalue weighted by atomic mass is 9.95. The number of amides is 1. The Morgan fingerprint density at radius 2 is 2.35 bits per heavy atom. The molecule has 1 saturated carbocycles. The lowest BCUT2D eigenvalue weighted by molar-refractivity contribution is -0.117. The van der Waals surface area contributed by atoms with E-state index in [1.54, 1.807) is 11.3 Å². The van der Waals surface area contributed by atoms with Gasteiger partial charge >= 0.3 is 0 Å². The molecule has 3 nitrogen and oxygen atoms in total. The quantitative estimate of drug-likeness (QED) is 0.846. The molecule has 3 N–H and O–H groups in total. The van der Waals surface area contributed by atoms with Gasteiger partial charge in [-0.1, -0.05) is 0 Å². The maximum atomic E-state index is 12.7. The van der Waals surface area contributed by atoms with Crippen molar-refractivity contribution in [3.05, 3.63) is 16.5 Å². The first-order valence-electron chi connectivity index (χ1n) is 5.95. The van der Waals surface area contributed by atoms with Crippen molar-refractivity contribution in [3.8, 4) is 0 Å². The van der Waals surface area contributed by atoms with E-state index in [0.29, 0.717) is 6.42 Å². The van der Waals surface area contributed by atoms with Crippen LogP contribution in [0, 0.1) is 5.92 Å². The Balaban J connectivity index is 1.70. The molecule has 17 heavy (non-hydrogen) atoms. The van der Waals surface area contributed by atoms with Crippen LogP contribution in [-0.4, -0.2) is 18.1 Å². The van der Waals surface area contributed by atoms with E-state index >= 15 is 0 Å². The Hall–Kier alpha value is -0.940. The molecule has 0 bridgehead atoms. The topological polar surface area (TPSA) is 55.1 Å². The summed E-state index contributed by atoms with van der Waals surface area (Å²) in [5, 5.41) is 3.65. The highest BCUT2D eigenvalue weighted by molar-refractivity contribution is 7.16. The van der Waals surface area contributed by atoms with E-state index in [4.69, 9.17) is 5.73 Å². The van der Waals surface area contributed by atoms with Crippen LogP contribution in [0.4, 0.5) is 9.39 Å². The first-order valence-corrected chi connectivity index (χ1v) is 6.77. The van der Waals surface area contributed by atoms with Gasteiger partial charge in [-0.15, -0.1) is 11.3 Å². The fourth-order valence-electron chi connectivity index (χ4n) is 2.26. The van der Waals surface area contributed by atoms with E-state index < -0.39 is 12.1 Å². The van der Waals surface area contributed by atoms with Crippen molar-refractivity contribution in [1.29, 1.82) is 0 Å². The maximum Gasteiger partial charge on any atom is 0.231 e. The van der Waals surface area contributed by atoms with Gasteiger partial charge in [-0.05, 0) is 37.3 Å². The number of rotatable bonds is 2. The summed E-state index contributed by atoms with van der Waals surface area (Å²) in [6.45, 7) is 0. The minimum Gasteiger partial charge on any atom is -0.327 e. The molecule has 1 heterocycles. The number of hydrogen-bond acceptors (Lipinski definition) is 3.